The van der Waals surface area contributed by atoms with Crippen LogP contribution < -0.4 is 10.6 Å². The lowest BCUT2D eigenvalue weighted by atomic mass is 10.0. The highest BCUT2D eigenvalue weighted by Crippen LogP contribution is 2.30. The summed E-state index contributed by atoms with van der Waals surface area (Å²) in [5, 5.41) is 10.6. The van der Waals surface area contributed by atoms with Crippen LogP contribution in [0.2, 0.25) is 0 Å². The molecule has 0 bridgehead atoms. The molecule has 178 valence electrons. The van der Waals surface area contributed by atoms with Crippen molar-refractivity contribution in [2.45, 2.75) is 51.2 Å². The summed E-state index contributed by atoms with van der Waals surface area (Å²) in [5.74, 6) is 6.30. The number of benzene rings is 1. The van der Waals surface area contributed by atoms with Crippen LogP contribution in [0.5, 0.6) is 0 Å². The first-order chi connectivity index (χ1) is 16.2. The van der Waals surface area contributed by atoms with E-state index >= 15 is 0 Å². The van der Waals surface area contributed by atoms with Crippen molar-refractivity contribution in [1.29, 1.82) is 0 Å². The number of nitrogens with zero attached hydrogens (tertiary/aromatic N) is 4. The molecular formula is C26H31N5O3. The summed E-state index contributed by atoms with van der Waals surface area (Å²) in [4.78, 5) is 37.2. The van der Waals surface area contributed by atoms with Gasteiger partial charge in [-0.05, 0) is 37.3 Å². The Bertz CT molecular complexity index is 1170. The third-order valence-electron chi connectivity index (χ3n) is 6.42. The second-order valence-corrected chi connectivity index (χ2v) is 9.59. The molecule has 2 aliphatic heterocycles. The summed E-state index contributed by atoms with van der Waals surface area (Å²) >= 11 is 0. The van der Waals surface area contributed by atoms with Crippen molar-refractivity contribution < 1.29 is 14.7 Å². The maximum Gasteiger partial charge on any atom is 0.267 e. The van der Waals surface area contributed by atoms with Crippen LogP contribution in [0.1, 0.15) is 55.6 Å². The number of nitrogens with two attached hydrogens (primary N) is 1. The van der Waals surface area contributed by atoms with Crippen LogP contribution in [0.15, 0.2) is 30.3 Å². The predicted molar refractivity (Wildman–Crippen MR) is 130 cm³/mol. The maximum absolute atomic E-state index is 12.2. The van der Waals surface area contributed by atoms with Gasteiger partial charge in [0.15, 0.2) is 5.82 Å². The molecule has 2 atom stereocenters. The number of rotatable bonds is 5. The van der Waals surface area contributed by atoms with Crippen LogP contribution in [0.4, 0.5) is 5.82 Å². The molecule has 2 aromatic rings. The van der Waals surface area contributed by atoms with Gasteiger partial charge < -0.3 is 20.6 Å². The summed E-state index contributed by atoms with van der Waals surface area (Å²) in [6, 6.07) is 9.27. The smallest absolute Gasteiger partial charge is 0.267 e. The van der Waals surface area contributed by atoms with Crippen LogP contribution in [0, 0.1) is 17.8 Å². The lowest BCUT2D eigenvalue weighted by molar-refractivity contribution is -0.137. The van der Waals surface area contributed by atoms with Gasteiger partial charge in [0.2, 0.25) is 5.60 Å². The number of aliphatic hydroxyl groups is 1. The molecule has 0 radical (unpaired) electrons. The Hall–Kier alpha value is -3.44. The van der Waals surface area contributed by atoms with E-state index in [1.807, 2.05) is 12.1 Å². The van der Waals surface area contributed by atoms with E-state index in [2.05, 4.69) is 35.6 Å². The minimum atomic E-state index is -1.67. The van der Waals surface area contributed by atoms with Crippen molar-refractivity contribution >= 4 is 17.6 Å². The fraction of sp³-hybridized carbons (Fsp3) is 0.462. The largest absolute Gasteiger partial charge is 0.369 e. The molecule has 0 aliphatic carbocycles. The van der Waals surface area contributed by atoms with Crippen molar-refractivity contribution in [3.63, 3.8) is 0 Å². The number of likely N-dealkylation sites (N-methyl/N-ethyl adjacent to an activating group) is 1. The predicted octanol–water partition coefficient (Wildman–Crippen LogP) is 2.20. The standard InChI is InChI=1S/C26H31N5O3/c1-17(2)14-20-8-5-12-31(20)22-16-21(23(27)32)28-24(29-22)19-7-4-6-18(15-19)9-10-26(34)11-13-30(3)25(26)33/h4,6-7,15-17,20,34H,5,8,11-14H2,1-3H3,(H2,27,32). The SMILES string of the molecule is CC(C)CC1CCCN1c1cc(C(N)=O)nc(-c2cccc(C#CC3(O)CCN(C)C3=O)c2)n1. The number of carbonyl (C=O) groups excluding carboxylic acids is 2. The first-order valence-electron chi connectivity index (χ1n) is 11.7. The van der Waals surface area contributed by atoms with Gasteiger partial charge in [0.1, 0.15) is 11.5 Å². The highest BCUT2D eigenvalue weighted by atomic mass is 16.3. The Morgan fingerprint density at radius 3 is 2.76 bits per heavy atom. The fourth-order valence-corrected chi connectivity index (χ4v) is 4.64. The van der Waals surface area contributed by atoms with E-state index in [-0.39, 0.29) is 18.0 Å². The first kappa shape index (κ1) is 23.7. The molecule has 0 saturated carbocycles. The van der Waals surface area contributed by atoms with Gasteiger partial charge in [-0.2, -0.15) is 0 Å². The average molecular weight is 462 g/mol. The summed E-state index contributed by atoms with van der Waals surface area (Å²) < 4.78 is 0. The van der Waals surface area contributed by atoms with E-state index < -0.39 is 11.5 Å². The number of carbonyl (C=O) groups is 2. The van der Waals surface area contributed by atoms with Crippen LogP contribution >= 0.6 is 0 Å². The number of hydrogen-bond acceptors (Lipinski definition) is 6. The Morgan fingerprint density at radius 2 is 2.09 bits per heavy atom. The monoisotopic (exact) mass is 461 g/mol. The highest BCUT2D eigenvalue weighted by Gasteiger charge is 2.42. The van der Waals surface area contributed by atoms with Gasteiger partial charge in [-0.15, -0.1) is 0 Å². The molecule has 2 amide bonds. The average Bonchev–Trinajstić information content (AvgIpc) is 3.37. The lowest BCUT2D eigenvalue weighted by Gasteiger charge is -2.27. The molecule has 2 fully saturated rings. The van der Waals surface area contributed by atoms with E-state index in [1.54, 1.807) is 25.2 Å². The third-order valence-corrected chi connectivity index (χ3v) is 6.42. The Kier molecular flexibility index (Phi) is 6.58. The molecule has 8 nitrogen and oxygen atoms in total. The minimum absolute atomic E-state index is 0.167. The second-order valence-electron chi connectivity index (χ2n) is 9.59. The first-order valence-corrected chi connectivity index (χ1v) is 11.7. The van der Waals surface area contributed by atoms with E-state index in [9.17, 15) is 14.7 Å². The Balaban J connectivity index is 1.68. The van der Waals surface area contributed by atoms with Crippen molar-refractivity contribution in [2.24, 2.45) is 11.7 Å². The molecule has 34 heavy (non-hydrogen) atoms. The molecule has 4 rings (SSSR count). The molecule has 0 spiro atoms. The van der Waals surface area contributed by atoms with Crippen molar-refractivity contribution in [1.82, 2.24) is 14.9 Å². The maximum atomic E-state index is 12.2. The quantitative estimate of drug-likeness (QED) is 0.660. The third kappa shape index (κ3) is 4.90. The zero-order valence-corrected chi connectivity index (χ0v) is 19.9. The molecule has 3 N–H and O–H groups in total. The topological polar surface area (TPSA) is 113 Å². The molecule has 2 saturated heterocycles. The number of anilines is 1. The zero-order chi connectivity index (χ0) is 24.5. The van der Waals surface area contributed by atoms with Gasteiger partial charge >= 0.3 is 0 Å². The minimum Gasteiger partial charge on any atom is -0.369 e. The van der Waals surface area contributed by atoms with Gasteiger partial charge in [0.25, 0.3) is 11.8 Å². The summed E-state index contributed by atoms with van der Waals surface area (Å²) in [7, 11) is 1.65. The molecule has 1 aromatic carbocycles. The zero-order valence-electron chi connectivity index (χ0n) is 19.9. The molecular weight excluding hydrogens is 430 g/mol. The number of amides is 2. The lowest BCUT2D eigenvalue weighted by Crippen LogP contribution is -2.37. The summed E-state index contributed by atoms with van der Waals surface area (Å²) in [6.45, 7) is 5.75. The van der Waals surface area contributed by atoms with Crippen LogP contribution in [0.3, 0.4) is 0 Å². The summed E-state index contributed by atoms with van der Waals surface area (Å²) in [5.41, 5.74) is 5.39. The van der Waals surface area contributed by atoms with E-state index in [1.165, 1.54) is 4.90 Å². The Morgan fingerprint density at radius 1 is 1.29 bits per heavy atom. The highest BCUT2D eigenvalue weighted by molar-refractivity contribution is 5.92. The van der Waals surface area contributed by atoms with Crippen molar-refractivity contribution in [3.8, 4) is 23.2 Å². The van der Waals surface area contributed by atoms with Gasteiger partial charge in [0.05, 0.1) is 0 Å². The van der Waals surface area contributed by atoms with Gasteiger partial charge in [-0.3, -0.25) is 9.59 Å². The fourth-order valence-electron chi connectivity index (χ4n) is 4.64. The van der Waals surface area contributed by atoms with Crippen LogP contribution in [-0.4, -0.2) is 63.6 Å². The molecule has 1 aromatic heterocycles. The van der Waals surface area contributed by atoms with Gasteiger partial charge in [-0.1, -0.05) is 37.8 Å². The van der Waals surface area contributed by atoms with E-state index in [4.69, 9.17) is 10.7 Å². The molecule has 3 heterocycles. The molecule has 2 aliphatic rings. The molecule has 8 heteroatoms. The second kappa shape index (κ2) is 9.43. The van der Waals surface area contributed by atoms with Gasteiger partial charge in [-0.25, -0.2) is 9.97 Å². The van der Waals surface area contributed by atoms with Gasteiger partial charge in [0, 0.05) is 49.8 Å². The van der Waals surface area contributed by atoms with Crippen LogP contribution in [0.25, 0.3) is 11.4 Å². The van der Waals surface area contributed by atoms with Crippen molar-refractivity contribution in [3.05, 3.63) is 41.6 Å². The van der Waals surface area contributed by atoms with Crippen LogP contribution in [-0.2, 0) is 4.79 Å². The Labute approximate surface area is 200 Å². The number of aromatic nitrogens is 2. The summed E-state index contributed by atoms with van der Waals surface area (Å²) in [6.07, 6.45) is 3.48. The van der Waals surface area contributed by atoms with E-state index in [0.717, 1.165) is 25.8 Å². The normalized spacial score (nSPS) is 22.3. The number of hydrogen-bond donors (Lipinski definition) is 2. The number of likely N-dealkylation sites (tertiary alicyclic amines) is 1. The van der Waals surface area contributed by atoms with E-state index in [0.29, 0.717) is 41.3 Å². The molecule has 2 unspecified atom stereocenters. The van der Waals surface area contributed by atoms with Crippen molar-refractivity contribution in [2.75, 3.05) is 25.0 Å². The number of primary amides is 1.